The Kier molecular flexibility index (Phi) is 4.23. The van der Waals surface area contributed by atoms with Crippen molar-refractivity contribution in [1.29, 1.82) is 0 Å². The molecular weight excluding hydrogens is 436 g/mol. The van der Waals surface area contributed by atoms with Gasteiger partial charge < -0.3 is 24.6 Å². The minimum atomic E-state index is -0.981. The van der Waals surface area contributed by atoms with Crippen molar-refractivity contribution in [3.63, 3.8) is 0 Å². The normalized spacial score (nSPS) is 31.0. The summed E-state index contributed by atoms with van der Waals surface area (Å²) in [6.07, 6.45) is 1.55. The van der Waals surface area contributed by atoms with E-state index in [4.69, 9.17) is 4.74 Å². The number of aromatic nitrogens is 1. The molecule has 2 unspecified atom stereocenters. The number of nitrogens with zero attached hydrogens (tertiary/aromatic N) is 2. The number of carbonyl (C=O) groups excluding carboxylic acids is 2. The van der Waals surface area contributed by atoms with Gasteiger partial charge in [-0.05, 0) is 30.2 Å². The van der Waals surface area contributed by atoms with Gasteiger partial charge in [0.2, 0.25) is 5.43 Å². The summed E-state index contributed by atoms with van der Waals surface area (Å²) >= 11 is 0. The number of amides is 2. The standard InChI is InChI=1S/C23H21F2N3O5/c1-9-17-14-5-15(18(9)17)33-16-8-27-7-12(20(29)21(30)19(27)23(32)28(14)16)22(31)26-6-10-2-3-11(24)4-13(10)25/h2-4,7,9,14-18,30H,5-6,8H2,1H3,(H,26,31)/t9-,14?,15?,16+,17-,18+/m1/s1. The van der Waals surface area contributed by atoms with Crippen LogP contribution in [0, 0.1) is 29.4 Å². The SMILES string of the molecule is C[C@H]1[C@H]2C3CC([C@@H]12)N1C(=O)c2c(O)c(=O)c(C(=O)NCc4ccc(F)cc4F)cn2C[C@@H]1O3. The molecule has 6 atom stereocenters. The molecule has 1 aromatic carbocycles. The van der Waals surface area contributed by atoms with Crippen LogP contribution in [0.3, 0.4) is 0 Å². The maximum absolute atomic E-state index is 13.8. The van der Waals surface area contributed by atoms with Gasteiger partial charge in [-0.3, -0.25) is 14.4 Å². The Balaban J connectivity index is 1.29. The third kappa shape index (κ3) is 2.86. The van der Waals surface area contributed by atoms with Gasteiger partial charge in [0.05, 0.1) is 12.6 Å². The van der Waals surface area contributed by atoms with Gasteiger partial charge in [0.25, 0.3) is 11.8 Å². The van der Waals surface area contributed by atoms with E-state index in [0.29, 0.717) is 23.8 Å². The molecule has 10 heteroatoms. The molecule has 1 saturated heterocycles. The van der Waals surface area contributed by atoms with Gasteiger partial charge in [0.1, 0.15) is 17.2 Å². The summed E-state index contributed by atoms with van der Waals surface area (Å²) in [5, 5.41) is 13.0. The zero-order chi connectivity index (χ0) is 23.2. The highest BCUT2D eigenvalue weighted by Gasteiger charge is 2.67. The van der Waals surface area contributed by atoms with E-state index in [9.17, 15) is 28.3 Å². The Morgan fingerprint density at radius 2 is 2.06 bits per heavy atom. The van der Waals surface area contributed by atoms with E-state index in [2.05, 4.69) is 12.2 Å². The number of benzene rings is 1. The van der Waals surface area contributed by atoms with Crippen molar-refractivity contribution in [2.24, 2.45) is 17.8 Å². The minimum Gasteiger partial charge on any atom is -0.503 e. The number of halogens is 2. The molecule has 0 spiro atoms. The molecule has 2 amide bonds. The molecule has 2 aromatic rings. The van der Waals surface area contributed by atoms with E-state index in [1.165, 1.54) is 16.8 Å². The maximum atomic E-state index is 13.8. The summed E-state index contributed by atoms with van der Waals surface area (Å²) in [5.41, 5.74) is -1.48. The van der Waals surface area contributed by atoms with Crippen LogP contribution >= 0.6 is 0 Å². The molecule has 2 aliphatic carbocycles. The number of hydrogen-bond acceptors (Lipinski definition) is 5. The lowest BCUT2D eigenvalue weighted by Crippen LogP contribution is -2.58. The summed E-state index contributed by atoms with van der Waals surface area (Å²) in [6.45, 7) is 2.05. The molecule has 3 fully saturated rings. The molecule has 2 bridgehead atoms. The van der Waals surface area contributed by atoms with Crippen LogP contribution in [0.2, 0.25) is 0 Å². The molecule has 2 aliphatic heterocycles. The number of rotatable bonds is 3. The van der Waals surface area contributed by atoms with Crippen molar-refractivity contribution >= 4 is 11.8 Å². The minimum absolute atomic E-state index is 0.0260. The number of aromatic hydroxyl groups is 1. The molecule has 4 aliphatic rings. The second-order valence-corrected chi connectivity index (χ2v) is 9.30. The number of nitrogens with one attached hydrogen (secondary N) is 1. The average Bonchev–Trinajstić information content (AvgIpc) is 3.34. The van der Waals surface area contributed by atoms with Gasteiger partial charge in [-0.1, -0.05) is 13.0 Å². The fourth-order valence-electron chi connectivity index (χ4n) is 6.02. The van der Waals surface area contributed by atoms with Crippen molar-refractivity contribution in [3.8, 4) is 5.75 Å². The molecule has 6 rings (SSSR count). The molecule has 1 aromatic heterocycles. The van der Waals surface area contributed by atoms with E-state index >= 15 is 0 Å². The first-order valence-corrected chi connectivity index (χ1v) is 10.9. The number of carbonyl (C=O) groups is 2. The lowest BCUT2D eigenvalue weighted by Gasteiger charge is -2.46. The van der Waals surface area contributed by atoms with Crippen LogP contribution in [-0.2, 0) is 17.8 Å². The fourth-order valence-corrected chi connectivity index (χ4v) is 6.02. The largest absolute Gasteiger partial charge is 0.503 e. The summed E-state index contributed by atoms with van der Waals surface area (Å²) in [5.74, 6) is -2.41. The highest BCUT2D eigenvalue weighted by atomic mass is 19.1. The van der Waals surface area contributed by atoms with Crippen molar-refractivity contribution in [2.75, 3.05) is 0 Å². The van der Waals surface area contributed by atoms with Crippen LogP contribution in [0.15, 0.2) is 29.2 Å². The Bertz CT molecular complexity index is 1280. The predicted octanol–water partition coefficient (Wildman–Crippen LogP) is 1.60. The van der Waals surface area contributed by atoms with Gasteiger partial charge in [0, 0.05) is 30.4 Å². The van der Waals surface area contributed by atoms with Gasteiger partial charge in [-0.25, -0.2) is 8.78 Å². The Labute approximate surface area is 186 Å². The number of hydrogen-bond donors (Lipinski definition) is 2. The predicted molar refractivity (Wildman–Crippen MR) is 109 cm³/mol. The summed E-state index contributed by atoms with van der Waals surface area (Å²) in [6, 6.07) is 2.97. The zero-order valence-corrected chi connectivity index (χ0v) is 17.6. The Hall–Kier alpha value is -3.27. The van der Waals surface area contributed by atoms with Crippen LogP contribution in [0.1, 0.15) is 39.8 Å². The lowest BCUT2D eigenvalue weighted by molar-refractivity contribution is -0.147. The van der Waals surface area contributed by atoms with Crippen molar-refractivity contribution in [3.05, 3.63) is 63.1 Å². The van der Waals surface area contributed by atoms with E-state index in [1.54, 1.807) is 4.90 Å². The van der Waals surface area contributed by atoms with Gasteiger partial charge in [-0.15, -0.1) is 0 Å². The van der Waals surface area contributed by atoms with E-state index in [1.807, 2.05) is 0 Å². The zero-order valence-electron chi connectivity index (χ0n) is 17.6. The van der Waals surface area contributed by atoms with Crippen molar-refractivity contribution in [2.45, 2.75) is 44.8 Å². The Morgan fingerprint density at radius 3 is 2.82 bits per heavy atom. The molecule has 2 saturated carbocycles. The number of pyridine rings is 1. The van der Waals surface area contributed by atoms with Gasteiger partial charge in [0.15, 0.2) is 17.7 Å². The van der Waals surface area contributed by atoms with Crippen LogP contribution in [0.5, 0.6) is 5.75 Å². The van der Waals surface area contributed by atoms with E-state index < -0.39 is 40.9 Å². The van der Waals surface area contributed by atoms with E-state index in [0.717, 1.165) is 12.5 Å². The van der Waals surface area contributed by atoms with Crippen LogP contribution in [0.4, 0.5) is 8.78 Å². The second kappa shape index (κ2) is 6.86. The summed E-state index contributed by atoms with van der Waals surface area (Å²) < 4.78 is 34.5. The third-order valence-electron chi connectivity index (χ3n) is 7.61. The van der Waals surface area contributed by atoms with Crippen LogP contribution in [-0.4, -0.2) is 44.8 Å². The summed E-state index contributed by atoms with van der Waals surface area (Å²) in [4.78, 5) is 40.3. The third-order valence-corrected chi connectivity index (χ3v) is 7.61. The number of fused-ring (bicyclic) bond motifs is 8. The van der Waals surface area contributed by atoms with Crippen LogP contribution in [0.25, 0.3) is 0 Å². The molecule has 3 heterocycles. The topological polar surface area (TPSA) is 101 Å². The first-order valence-electron chi connectivity index (χ1n) is 10.9. The number of ether oxygens (including phenoxy) is 1. The first-order chi connectivity index (χ1) is 15.8. The highest BCUT2D eigenvalue weighted by Crippen LogP contribution is 2.62. The van der Waals surface area contributed by atoms with Crippen molar-refractivity contribution < 1.29 is 28.2 Å². The first kappa shape index (κ1) is 20.3. The molecular formula is C23H21F2N3O5. The molecule has 2 N–H and O–H groups in total. The fraction of sp³-hybridized carbons (Fsp3) is 0.435. The van der Waals surface area contributed by atoms with Gasteiger partial charge in [-0.2, -0.15) is 0 Å². The Morgan fingerprint density at radius 1 is 1.27 bits per heavy atom. The smallest absolute Gasteiger partial charge is 0.276 e. The second-order valence-electron chi connectivity index (χ2n) is 9.30. The summed E-state index contributed by atoms with van der Waals surface area (Å²) in [7, 11) is 0. The molecule has 172 valence electrons. The average molecular weight is 457 g/mol. The monoisotopic (exact) mass is 457 g/mol. The van der Waals surface area contributed by atoms with Gasteiger partial charge >= 0.3 is 0 Å². The van der Waals surface area contributed by atoms with Crippen molar-refractivity contribution in [1.82, 2.24) is 14.8 Å². The molecule has 8 nitrogen and oxygen atoms in total. The molecule has 0 radical (unpaired) electrons. The highest BCUT2D eigenvalue weighted by molar-refractivity contribution is 5.99. The quantitative estimate of drug-likeness (QED) is 0.729. The maximum Gasteiger partial charge on any atom is 0.276 e. The van der Waals surface area contributed by atoms with Crippen LogP contribution < -0.4 is 10.7 Å². The molecule has 33 heavy (non-hydrogen) atoms. The lowest BCUT2D eigenvalue weighted by atomic mass is 10.00. The van der Waals surface area contributed by atoms with E-state index in [-0.39, 0.29) is 42.1 Å².